The minimum absolute atomic E-state index is 0.781. The molecular weight excluding hydrogens is 218 g/mol. The van der Waals surface area contributed by atoms with Gasteiger partial charge in [-0.2, -0.15) is 0 Å². The molecule has 0 bridgehead atoms. The molecule has 0 rings (SSSR count). The summed E-state index contributed by atoms with van der Waals surface area (Å²) in [4.78, 5) is 2.34. The van der Waals surface area contributed by atoms with Crippen molar-refractivity contribution < 1.29 is 8.85 Å². The van der Waals surface area contributed by atoms with Gasteiger partial charge in [0.2, 0.25) is 0 Å². The third-order valence-corrected chi connectivity index (χ3v) is 6.81. The highest BCUT2D eigenvalue weighted by Gasteiger charge is 2.34. The van der Waals surface area contributed by atoms with Gasteiger partial charge in [-0.1, -0.05) is 13.8 Å². The normalized spacial score (nSPS) is 12.4. The van der Waals surface area contributed by atoms with Gasteiger partial charge in [0.25, 0.3) is 0 Å². The first-order valence-corrected chi connectivity index (χ1v) is 8.83. The van der Waals surface area contributed by atoms with Crippen molar-refractivity contribution in [2.75, 3.05) is 33.4 Å². The van der Waals surface area contributed by atoms with E-state index in [4.69, 9.17) is 8.85 Å². The Labute approximate surface area is 102 Å². The smallest absolute Gasteiger partial charge is 0.337 e. The second-order valence-corrected chi connectivity index (χ2v) is 7.74. The maximum atomic E-state index is 5.93. The number of hydrogen-bond donors (Lipinski definition) is 0. The van der Waals surface area contributed by atoms with E-state index in [1.807, 2.05) is 0 Å². The summed E-state index contributed by atoms with van der Waals surface area (Å²) in [6.45, 7) is 12.3. The van der Waals surface area contributed by atoms with E-state index in [0.717, 1.165) is 38.4 Å². The molecule has 3 nitrogen and oxygen atoms in total. The van der Waals surface area contributed by atoms with Crippen molar-refractivity contribution in [2.24, 2.45) is 0 Å². The molecule has 98 valence electrons. The summed E-state index contributed by atoms with van der Waals surface area (Å²) in [6, 6.07) is 2.18. The van der Waals surface area contributed by atoms with E-state index in [2.05, 4.69) is 39.6 Å². The third-order valence-electron chi connectivity index (χ3n) is 2.99. The Hall–Kier alpha value is 0.0969. The monoisotopic (exact) mass is 247 g/mol. The standard InChI is InChI=1S/C12H29NO2Si/c1-6-13(5)11-10-12-16(9-4,14-7-2)15-8-3/h6-12H2,1-5H3. The molecule has 0 atom stereocenters. The van der Waals surface area contributed by atoms with E-state index in [1.165, 1.54) is 6.42 Å². The predicted molar refractivity (Wildman–Crippen MR) is 72.1 cm³/mol. The molecule has 0 amide bonds. The van der Waals surface area contributed by atoms with Gasteiger partial charge in [-0.15, -0.1) is 0 Å². The molecule has 0 N–H and O–H groups in total. The van der Waals surface area contributed by atoms with Gasteiger partial charge in [0.15, 0.2) is 0 Å². The van der Waals surface area contributed by atoms with Gasteiger partial charge in [0.1, 0.15) is 0 Å². The van der Waals surface area contributed by atoms with Crippen LogP contribution in [0.4, 0.5) is 0 Å². The summed E-state index contributed by atoms with van der Waals surface area (Å²) < 4.78 is 11.9. The molecule has 4 heteroatoms. The minimum atomic E-state index is -1.88. The van der Waals surface area contributed by atoms with Crippen molar-refractivity contribution in [1.82, 2.24) is 4.90 Å². The van der Waals surface area contributed by atoms with Crippen molar-refractivity contribution in [3.63, 3.8) is 0 Å². The van der Waals surface area contributed by atoms with Crippen LogP contribution in [0.25, 0.3) is 0 Å². The highest BCUT2D eigenvalue weighted by Crippen LogP contribution is 2.21. The highest BCUT2D eigenvalue weighted by molar-refractivity contribution is 6.67. The zero-order valence-electron chi connectivity index (χ0n) is 11.7. The molecule has 0 unspecified atom stereocenters. The van der Waals surface area contributed by atoms with Gasteiger partial charge in [-0.25, -0.2) is 0 Å². The van der Waals surface area contributed by atoms with Gasteiger partial charge in [-0.3, -0.25) is 0 Å². The zero-order valence-corrected chi connectivity index (χ0v) is 12.7. The first-order chi connectivity index (χ1) is 7.64. The molecule has 0 aromatic heterocycles. The van der Waals surface area contributed by atoms with Gasteiger partial charge in [0, 0.05) is 13.2 Å². The van der Waals surface area contributed by atoms with E-state index in [-0.39, 0.29) is 0 Å². The molecule has 0 aliphatic rings. The molecule has 16 heavy (non-hydrogen) atoms. The number of hydrogen-bond acceptors (Lipinski definition) is 3. The molecule has 0 aromatic rings. The van der Waals surface area contributed by atoms with Crippen LogP contribution < -0.4 is 0 Å². The van der Waals surface area contributed by atoms with E-state index >= 15 is 0 Å². The van der Waals surface area contributed by atoms with Crippen LogP contribution in [0.2, 0.25) is 12.1 Å². The lowest BCUT2D eigenvalue weighted by molar-refractivity contribution is 0.181. The van der Waals surface area contributed by atoms with Gasteiger partial charge < -0.3 is 13.8 Å². The van der Waals surface area contributed by atoms with Crippen LogP contribution in [0.3, 0.4) is 0 Å². The lowest BCUT2D eigenvalue weighted by Gasteiger charge is -2.29. The predicted octanol–water partition coefficient (Wildman–Crippen LogP) is 2.86. The highest BCUT2D eigenvalue weighted by atomic mass is 28.4. The summed E-state index contributed by atoms with van der Waals surface area (Å²) >= 11 is 0. The average molecular weight is 247 g/mol. The fraction of sp³-hybridized carbons (Fsp3) is 1.00. The summed E-state index contributed by atoms with van der Waals surface area (Å²) in [5, 5.41) is 0. The molecule has 0 fully saturated rings. The third kappa shape index (κ3) is 5.99. The quantitative estimate of drug-likeness (QED) is 0.554. The Morgan fingerprint density at radius 3 is 1.94 bits per heavy atom. The van der Waals surface area contributed by atoms with E-state index in [9.17, 15) is 0 Å². The summed E-state index contributed by atoms with van der Waals surface area (Å²) in [7, 11) is 0.287. The van der Waals surface area contributed by atoms with Gasteiger partial charge in [-0.05, 0) is 52.5 Å². The minimum Gasteiger partial charge on any atom is -0.394 e. The Morgan fingerprint density at radius 2 is 1.56 bits per heavy atom. The second-order valence-electron chi connectivity index (χ2n) is 4.13. The van der Waals surface area contributed by atoms with E-state index in [1.54, 1.807) is 0 Å². The topological polar surface area (TPSA) is 21.7 Å². The maximum absolute atomic E-state index is 5.93. The van der Waals surface area contributed by atoms with Crippen molar-refractivity contribution in [1.29, 1.82) is 0 Å². The zero-order chi connectivity index (χ0) is 12.4. The van der Waals surface area contributed by atoms with Crippen LogP contribution in [-0.4, -0.2) is 46.8 Å². The lowest BCUT2D eigenvalue weighted by Crippen LogP contribution is -2.42. The molecule has 0 radical (unpaired) electrons. The molecule has 0 aliphatic heterocycles. The first kappa shape index (κ1) is 16.1. The SMILES string of the molecule is CCO[Si](CC)(CCCN(C)CC)OCC. The number of nitrogens with zero attached hydrogens (tertiary/aromatic N) is 1. The van der Waals surface area contributed by atoms with Crippen LogP contribution >= 0.6 is 0 Å². The van der Waals surface area contributed by atoms with Crippen molar-refractivity contribution in [3.8, 4) is 0 Å². The molecule has 0 saturated carbocycles. The largest absolute Gasteiger partial charge is 0.394 e. The Kier molecular flexibility index (Phi) is 9.22. The van der Waals surface area contributed by atoms with Crippen LogP contribution in [-0.2, 0) is 8.85 Å². The summed E-state index contributed by atoms with van der Waals surface area (Å²) in [5.41, 5.74) is 0. The van der Waals surface area contributed by atoms with E-state index in [0.29, 0.717) is 0 Å². The average Bonchev–Trinajstić information content (AvgIpc) is 2.29. The summed E-state index contributed by atoms with van der Waals surface area (Å²) in [5.74, 6) is 0. The fourth-order valence-electron chi connectivity index (χ4n) is 1.87. The molecule has 0 aromatic carbocycles. The Balaban J connectivity index is 4.08. The molecule has 0 saturated heterocycles. The molecule has 0 heterocycles. The van der Waals surface area contributed by atoms with Crippen LogP contribution in [0.1, 0.15) is 34.1 Å². The molecular formula is C12H29NO2Si. The van der Waals surface area contributed by atoms with Crippen LogP contribution in [0.15, 0.2) is 0 Å². The second kappa shape index (κ2) is 9.16. The Morgan fingerprint density at radius 1 is 1.00 bits per heavy atom. The van der Waals surface area contributed by atoms with E-state index < -0.39 is 8.56 Å². The maximum Gasteiger partial charge on any atom is 0.337 e. The molecule has 0 aliphatic carbocycles. The van der Waals surface area contributed by atoms with Crippen molar-refractivity contribution >= 4 is 8.56 Å². The van der Waals surface area contributed by atoms with Crippen LogP contribution in [0.5, 0.6) is 0 Å². The summed E-state index contributed by atoms with van der Waals surface area (Å²) in [6.07, 6.45) is 1.18. The lowest BCUT2D eigenvalue weighted by atomic mass is 10.4. The Bertz CT molecular complexity index is 161. The molecule has 0 spiro atoms. The van der Waals surface area contributed by atoms with Crippen molar-refractivity contribution in [3.05, 3.63) is 0 Å². The fourth-order valence-corrected chi connectivity index (χ4v) is 4.75. The van der Waals surface area contributed by atoms with Gasteiger partial charge in [0.05, 0.1) is 0 Å². The number of rotatable bonds is 10. The van der Waals surface area contributed by atoms with Crippen LogP contribution in [0, 0.1) is 0 Å². The first-order valence-electron chi connectivity index (χ1n) is 6.60. The van der Waals surface area contributed by atoms with Crippen molar-refractivity contribution in [2.45, 2.75) is 46.2 Å². The van der Waals surface area contributed by atoms with Gasteiger partial charge >= 0.3 is 8.56 Å².